The average molecular weight is 592 g/mol. The molecule has 0 saturated carbocycles. The number of methoxy groups -OCH3 is 2. The molecule has 7 nitrogen and oxygen atoms in total. The molecule has 3 aromatic rings. The number of halogens is 3. The van der Waals surface area contributed by atoms with Crippen LogP contribution in [-0.2, 0) is 20.9 Å². The third-order valence-electron chi connectivity index (χ3n) is 5.64. The molecule has 0 unspecified atom stereocenters. The standard InChI is InChI=1S/C27H21Cl3N2O5S/c1-35-20-8-6-19(7-9-20)32-26(34)23(31(27(32)38)14-25(33)36-2)12-16-3-10-24(22(30)11-16)37-15-17-4-5-18(28)13-21(17)29/h3-13H,14-15H2,1-2H3/b23-12-. The molecule has 1 aliphatic heterocycles. The van der Waals surface area contributed by atoms with Crippen molar-refractivity contribution in [3.05, 3.63) is 92.6 Å². The molecule has 0 bridgehead atoms. The Morgan fingerprint density at radius 1 is 0.974 bits per heavy atom. The van der Waals surface area contributed by atoms with E-state index in [1.54, 1.807) is 73.8 Å². The number of benzene rings is 3. The van der Waals surface area contributed by atoms with Gasteiger partial charge >= 0.3 is 5.97 Å². The highest BCUT2D eigenvalue weighted by Gasteiger charge is 2.40. The summed E-state index contributed by atoms with van der Waals surface area (Å²) in [6, 6.07) is 17.0. The highest BCUT2D eigenvalue weighted by molar-refractivity contribution is 7.80. The van der Waals surface area contributed by atoms with E-state index in [-0.39, 0.29) is 24.0 Å². The van der Waals surface area contributed by atoms with E-state index in [4.69, 9.17) is 61.2 Å². The van der Waals surface area contributed by atoms with Gasteiger partial charge in [-0.1, -0.05) is 46.9 Å². The molecule has 3 aromatic carbocycles. The smallest absolute Gasteiger partial charge is 0.325 e. The summed E-state index contributed by atoms with van der Waals surface area (Å²) in [5.41, 5.74) is 2.07. The van der Waals surface area contributed by atoms with Gasteiger partial charge in [-0.2, -0.15) is 0 Å². The first kappa shape index (κ1) is 27.7. The van der Waals surface area contributed by atoms with Gasteiger partial charge in [0.15, 0.2) is 5.11 Å². The van der Waals surface area contributed by atoms with Crippen LogP contribution in [0.5, 0.6) is 11.5 Å². The van der Waals surface area contributed by atoms with Gasteiger partial charge in [-0.05, 0) is 72.4 Å². The molecular weight excluding hydrogens is 571 g/mol. The average Bonchev–Trinajstić information content (AvgIpc) is 3.12. The largest absolute Gasteiger partial charge is 0.497 e. The monoisotopic (exact) mass is 590 g/mol. The molecule has 4 rings (SSSR count). The van der Waals surface area contributed by atoms with Crippen molar-refractivity contribution in [1.29, 1.82) is 0 Å². The van der Waals surface area contributed by atoms with E-state index in [2.05, 4.69) is 0 Å². The lowest BCUT2D eigenvalue weighted by Crippen LogP contribution is -2.35. The Kier molecular flexibility index (Phi) is 8.79. The van der Waals surface area contributed by atoms with Gasteiger partial charge in [0.25, 0.3) is 5.91 Å². The Labute approximate surface area is 240 Å². The van der Waals surface area contributed by atoms with Gasteiger partial charge in [-0.25, -0.2) is 0 Å². The molecule has 196 valence electrons. The fraction of sp³-hybridized carbons (Fsp3) is 0.148. The van der Waals surface area contributed by atoms with Crippen molar-refractivity contribution in [2.45, 2.75) is 6.61 Å². The minimum atomic E-state index is -0.551. The van der Waals surface area contributed by atoms with Crippen molar-refractivity contribution in [3.8, 4) is 11.5 Å². The van der Waals surface area contributed by atoms with Crippen LogP contribution >= 0.6 is 47.0 Å². The summed E-state index contributed by atoms with van der Waals surface area (Å²) in [5, 5.41) is 1.48. The lowest BCUT2D eigenvalue weighted by atomic mass is 10.1. The minimum Gasteiger partial charge on any atom is -0.497 e. The molecule has 0 aliphatic carbocycles. The maximum atomic E-state index is 13.5. The van der Waals surface area contributed by atoms with Crippen molar-refractivity contribution in [1.82, 2.24) is 4.90 Å². The van der Waals surface area contributed by atoms with Gasteiger partial charge in [-0.3, -0.25) is 14.5 Å². The molecule has 0 aromatic heterocycles. The number of esters is 1. The van der Waals surface area contributed by atoms with Gasteiger partial charge in [0.2, 0.25) is 0 Å². The van der Waals surface area contributed by atoms with E-state index in [0.717, 1.165) is 5.56 Å². The van der Waals surface area contributed by atoms with Crippen LogP contribution in [0.15, 0.2) is 66.4 Å². The SMILES string of the molecule is COC(=O)CN1C(=S)N(c2ccc(OC)cc2)C(=O)/C1=C/c1ccc(OCc2ccc(Cl)cc2Cl)c(Cl)c1. The van der Waals surface area contributed by atoms with Gasteiger partial charge in [0, 0.05) is 15.6 Å². The number of hydrogen-bond acceptors (Lipinski definition) is 6. The molecular formula is C27H21Cl3N2O5S. The Bertz CT molecular complexity index is 1430. The molecule has 1 fully saturated rings. The number of amides is 1. The van der Waals surface area contributed by atoms with Gasteiger partial charge in [0.1, 0.15) is 30.3 Å². The molecule has 1 saturated heterocycles. The zero-order valence-corrected chi connectivity index (χ0v) is 23.3. The lowest BCUT2D eigenvalue weighted by Gasteiger charge is -2.19. The van der Waals surface area contributed by atoms with Crippen LogP contribution < -0.4 is 14.4 Å². The highest BCUT2D eigenvalue weighted by atomic mass is 35.5. The molecule has 0 N–H and O–H groups in total. The second-order valence-electron chi connectivity index (χ2n) is 8.03. The van der Waals surface area contributed by atoms with Crippen LogP contribution in [0.1, 0.15) is 11.1 Å². The van der Waals surface area contributed by atoms with E-state index in [0.29, 0.717) is 37.8 Å². The second-order valence-corrected chi connectivity index (χ2v) is 9.64. The van der Waals surface area contributed by atoms with Crippen molar-refractivity contribution >= 4 is 75.8 Å². The molecule has 1 amide bonds. The maximum absolute atomic E-state index is 13.5. The van der Waals surface area contributed by atoms with Crippen LogP contribution in [0.2, 0.25) is 15.1 Å². The predicted molar refractivity (Wildman–Crippen MR) is 152 cm³/mol. The number of carbonyl (C=O) groups excluding carboxylic acids is 2. The second kappa shape index (κ2) is 12.0. The summed E-state index contributed by atoms with van der Waals surface area (Å²) in [6.45, 7) is -0.0526. The molecule has 0 radical (unpaired) electrons. The first-order valence-electron chi connectivity index (χ1n) is 11.2. The van der Waals surface area contributed by atoms with Crippen molar-refractivity contribution < 1.29 is 23.8 Å². The van der Waals surface area contributed by atoms with Crippen LogP contribution in [0.25, 0.3) is 6.08 Å². The lowest BCUT2D eigenvalue weighted by molar-refractivity contribution is -0.140. The van der Waals surface area contributed by atoms with E-state index < -0.39 is 11.9 Å². The topological polar surface area (TPSA) is 68.3 Å². The molecule has 38 heavy (non-hydrogen) atoms. The molecule has 0 atom stereocenters. The first-order valence-corrected chi connectivity index (χ1v) is 12.7. The predicted octanol–water partition coefficient (Wildman–Crippen LogP) is 6.38. The zero-order valence-electron chi connectivity index (χ0n) is 20.2. The Morgan fingerprint density at radius 3 is 2.34 bits per heavy atom. The normalized spacial score (nSPS) is 14.3. The molecule has 11 heteroatoms. The number of nitrogens with zero attached hydrogens (tertiary/aromatic N) is 2. The Morgan fingerprint density at radius 2 is 1.71 bits per heavy atom. The van der Waals surface area contributed by atoms with Crippen LogP contribution in [0.3, 0.4) is 0 Å². The minimum absolute atomic E-state index is 0.141. The number of ether oxygens (including phenoxy) is 3. The van der Waals surface area contributed by atoms with Gasteiger partial charge in [-0.15, -0.1) is 0 Å². The fourth-order valence-corrected chi connectivity index (χ4v) is 4.72. The number of rotatable bonds is 8. The quantitative estimate of drug-likeness (QED) is 0.171. The Balaban J connectivity index is 1.61. The summed E-state index contributed by atoms with van der Waals surface area (Å²) < 4.78 is 15.8. The van der Waals surface area contributed by atoms with Gasteiger partial charge in [0.05, 0.1) is 24.9 Å². The van der Waals surface area contributed by atoms with E-state index in [9.17, 15) is 9.59 Å². The maximum Gasteiger partial charge on any atom is 0.325 e. The van der Waals surface area contributed by atoms with E-state index in [1.807, 2.05) is 0 Å². The zero-order chi connectivity index (χ0) is 27.4. The molecule has 0 spiro atoms. The Hall–Kier alpha value is -3.30. The fourth-order valence-electron chi connectivity index (χ4n) is 3.66. The highest BCUT2D eigenvalue weighted by Crippen LogP contribution is 2.33. The molecule has 1 heterocycles. The number of carbonyl (C=O) groups is 2. The number of anilines is 1. The van der Waals surface area contributed by atoms with Crippen LogP contribution in [0.4, 0.5) is 5.69 Å². The summed E-state index contributed by atoms with van der Waals surface area (Å²) in [4.78, 5) is 28.4. The van der Waals surface area contributed by atoms with Gasteiger partial charge < -0.3 is 19.1 Å². The summed E-state index contributed by atoms with van der Waals surface area (Å²) in [5.74, 6) is 0.103. The van der Waals surface area contributed by atoms with Crippen LogP contribution in [0, 0.1) is 0 Å². The summed E-state index contributed by atoms with van der Waals surface area (Å²) in [6.07, 6.45) is 1.60. The van der Waals surface area contributed by atoms with E-state index in [1.165, 1.54) is 16.9 Å². The third kappa shape index (κ3) is 6.05. The van der Waals surface area contributed by atoms with Crippen molar-refractivity contribution in [3.63, 3.8) is 0 Å². The summed E-state index contributed by atoms with van der Waals surface area (Å²) in [7, 11) is 2.82. The van der Waals surface area contributed by atoms with Crippen molar-refractivity contribution in [2.75, 3.05) is 25.7 Å². The summed E-state index contributed by atoms with van der Waals surface area (Å²) >= 11 is 24.2. The van der Waals surface area contributed by atoms with Crippen molar-refractivity contribution in [2.24, 2.45) is 0 Å². The number of hydrogen-bond donors (Lipinski definition) is 0. The van der Waals surface area contributed by atoms with E-state index >= 15 is 0 Å². The molecule has 1 aliphatic rings. The number of thiocarbonyl (C=S) groups is 1. The third-order valence-corrected chi connectivity index (χ3v) is 6.92. The first-order chi connectivity index (χ1) is 18.2. The van der Waals surface area contributed by atoms with Crippen LogP contribution in [-0.4, -0.2) is 42.7 Å².